The molecule has 1 aliphatic rings. The van der Waals surface area contributed by atoms with Gasteiger partial charge < -0.3 is 4.74 Å². The van der Waals surface area contributed by atoms with Gasteiger partial charge in [0.1, 0.15) is 5.03 Å². The number of rotatable bonds is 6. The van der Waals surface area contributed by atoms with E-state index in [9.17, 15) is 9.59 Å². The zero-order chi connectivity index (χ0) is 16.3. The normalized spacial score (nSPS) is 15.4. The van der Waals surface area contributed by atoms with E-state index in [0.29, 0.717) is 23.6 Å². The Morgan fingerprint density at radius 2 is 1.73 bits per heavy atom. The number of hydrogen-bond donors (Lipinski definition) is 0. The molecule has 4 nitrogen and oxygen atoms in total. The van der Waals surface area contributed by atoms with Crippen LogP contribution in [0.1, 0.15) is 25.8 Å². The van der Waals surface area contributed by atoms with Crippen LogP contribution in [0.2, 0.25) is 5.02 Å². The Morgan fingerprint density at radius 3 is 2.32 bits per heavy atom. The van der Waals surface area contributed by atoms with Gasteiger partial charge in [0.05, 0.1) is 11.7 Å². The lowest BCUT2D eigenvalue weighted by Gasteiger charge is -2.15. The molecule has 0 saturated carbocycles. The molecule has 0 aromatic heterocycles. The first kappa shape index (κ1) is 17.0. The molecule has 22 heavy (non-hydrogen) atoms. The summed E-state index contributed by atoms with van der Waals surface area (Å²) in [4.78, 5) is 25.7. The van der Waals surface area contributed by atoms with E-state index < -0.39 is 5.91 Å². The highest BCUT2D eigenvalue weighted by molar-refractivity contribution is 6.55. The molecule has 0 fully saturated rings. The van der Waals surface area contributed by atoms with Gasteiger partial charge in [-0.05, 0) is 38.0 Å². The van der Waals surface area contributed by atoms with Crippen LogP contribution in [0.25, 0.3) is 5.57 Å². The third-order valence-electron chi connectivity index (χ3n) is 3.22. The van der Waals surface area contributed by atoms with Crippen LogP contribution in [0.5, 0.6) is 0 Å². The molecular formula is C16H17Cl2NO3. The topological polar surface area (TPSA) is 46.6 Å². The van der Waals surface area contributed by atoms with Gasteiger partial charge in [0, 0.05) is 18.2 Å². The predicted octanol–water partition coefficient (Wildman–Crippen LogP) is 3.47. The zero-order valence-electron chi connectivity index (χ0n) is 12.4. The second-order valence-corrected chi connectivity index (χ2v) is 6.05. The largest absolute Gasteiger partial charge is 0.379 e. The molecular weight excluding hydrogens is 325 g/mol. The van der Waals surface area contributed by atoms with Gasteiger partial charge in [-0.25, -0.2) is 0 Å². The maximum atomic E-state index is 12.4. The van der Waals surface area contributed by atoms with Gasteiger partial charge in [0.2, 0.25) is 0 Å². The maximum Gasteiger partial charge on any atom is 0.273 e. The quantitative estimate of drug-likeness (QED) is 0.587. The molecule has 1 aromatic carbocycles. The first-order chi connectivity index (χ1) is 10.4. The number of carbonyl (C=O) groups excluding carboxylic acids is 2. The van der Waals surface area contributed by atoms with E-state index in [0.717, 1.165) is 4.90 Å². The number of hydrogen-bond acceptors (Lipinski definition) is 3. The third-order valence-corrected chi connectivity index (χ3v) is 3.82. The van der Waals surface area contributed by atoms with Gasteiger partial charge in [-0.3, -0.25) is 14.5 Å². The van der Waals surface area contributed by atoms with Crippen molar-refractivity contribution in [3.8, 4) is 0 Å². The number of imide groups is 1. The molecule has 118 valence electrons. The lowest BCUT2D eigenvalue weighted by atomic mass is 10.1. The Balaban J connectivity index is 2.08. The molecule has 0 spiro atoms. The molecule has 0 radical (unpaired) electrons. The summed E-state index contributed by atoms with van der Waals surface area (Å²) in [5, 5.41) is 0.511. The van der Waals surface area contributed by atoms with Crippen LogP contribution in [0, 0.1) is 0 Å². The predicted molar refractivity (Wildman–Crippen MR) is 86.7 cm³/mol. The first-order valence-corrected chi connectivity index (χ1v) is 7.81. The highest BCUT2D eigenvalue weighted by Gasteiger charge is 2.37. The smallest absolute Gasteiger partial charge is 0.273 e. The number of benzene rings is 1. The fourth-order valence-corrected chi connectivity index (χ4v) is 2.58. The van der Waals surface area contributed by atoms with Crippen molar-refractivity contribution in [3.63, 3.8) is 0 Å². The van der Waals surface area contributed by atoms with Crippen molar-refractivity contribution in [1.29, 1.82) is 0 Å². The van der Waals surface area contributed by atoms with E-state index in [1.165, 1.54) is 0 Å². The summed E-state index contributed by atoms with van der Waals surface area (Å²) in [7, 11) is 0. The van der Waals surface area contributed by atoms with Gasteiger partial charge >= 0.3 is 0 Å². The fourth-order valence-electron chi connectivity index (χ4n) is 2.16. The Morgan fingerprint density at radius 1 is 1.09 bits per heavy atom. The monoisotopic (exact) mass is 341 g/mol. The van der Waals surface area contributed by atoms with E-state index in [1.54, 1.807) is 24.3 Å². The molecule has 0 unspecified atom stereocenters. The van der Waals surface area contributed by atoms with Crippen molar-refractivity contribution in [2.75, 3.05) is 13.2 Å². The summed E-state index contributed by atoms with van der Waals surface area (Å²) >= 11 is 11.9. The number of ether oxygens (including phenoxy) is 1. The number of carbonyl (C=O) groups is 2. The average Bonchev–Trinajstić information content (AvgIpc) is 2.68. The summed E-state index contributed by atoms with van der Waals surface area (Å²) in [6.07, 6.45) is 0.699. The Labute approximate surface area is 139 Å². The summed E-state index contributed by atoms with van der Waals surface area (Å²) < 4.78 is 5.41. The van der Waals surface area contributed by atoms with E-state index >= 15 is 0 Å². The van der Waals surface area contributed by atoms with Crippen LogP contribution in [-0.2, 0) is 14.3 Å². The third kappa shape index (κ3) is 3.69. The lowest BCUT2D eigenvalue weighted by molar-refractivity contribution is -0.136. The molecule has 0 bridgehead atoms. The van der Waals surface area contributed by atoms with Gasteiger partial charge in [-0.15, -0.1) is 0 Å². The average molecular weight is 342 g/mol. The molecule has 0 aliphatic carbocycles. The van der Waals surface area contributed by atoms with Crippen molar-refractivity contribution >= 4 is 40.6 Å². The molecule has 1 aliphatic heterocycles. The molecule has 0 N–H and O–H groups in total. The second kappa shape index (κ2) is 7.27. The Kier molecular flexibility index (Phi) is 5.62. The molecule has 0 atom stereocenters. The van der Waals surface area contributed by atoms with Crippen LogP contribution in [0.15, 0.2) is 29.3 Å². The summed E-state index contributed by atoms with van der Waals surface area (Å²) in [5.74, 6) is -0.831. The number of halogens is 2. The molecule has 0 saturated heterocycles. The van der Waals surface area contributed by atoms with E-state index in [2.05, 4.69) is 0 Å². The van der Waals surface area contributed by atoms with Crippen LogP contribution in [-0.4, -0.2) is 36.0 Å². The number of nitrogens with zero attached hydrogens (tertiary/aromatic N) is 1. The zero-order valence-corrected chi connectivity index (χ0v) is 13.9. The number of amides is 2. The lowest BCUT2D eigenvalue weighted by Crippen LogP contribution is -2.33. The molecule has 6 heteroatoms. The first-order valence-electron chi connectivity index (χ1n) is 7.05. The van der Waals surface area contributed by atoms with Crippen molar-refractivity contribution in [1.82, 2.24) is 4.90 Å². The van der Waals surface area contributed by atoms with Crippen LogP contribution in [0.4, 0.5) is 0 Å². The summed E-state index contributed by atoms with van der Waals surface area (Å²) in [6.45, 7) is 4.65. The van der Waals surface area contributed by atoms with E-state index in [1.807, 2.05) is 13.8 Å². The second-order valence-electron chi connectivity index (χ2n) is 5.23. The molecule has 2 rings (SSSR count). The van der Waals surface area contributed by atoms with Crippen molar-refractivity contribution in [2.24, 2.45) is 0 Å². The van der Waals surface area contributed by atoms with Crippen LogP contribution in [0.3, 0.4) is 0 Å². The highest BCUT2D eigenvalue weighted by Crippen LogP contribution is 2.32. The van der Waals surface area contributed by atoms with Gasteiger partial charge in [0.15, 0.2) is 0 Å². The maximum absolute atomic E-state index is 12.4. The molecule has 1 aromatic rings. The van der Waals surface area contributed by atoms with Crippen LogP contribution < -0.4 is 0 Å². The molecule has 1 heterocycles. The minimum Gasteiger partial charge on any atom is -0.379 e. The van der Waals surface area contributed by atoms with E-state index in [-0.39, 0.29) is 29.2 Å². The minimum atomic E-state index is -0.457. The van der Waals surface area contributed by atoms with Gasteiger partial charge in [-0.2, -0.15) is 0 Å². The summed E-state index contributed by atoms with van der Waals surface area (Å²) in [6, 6.07) is 6.67. The Hall–Kier alpha value is -1.36. The van der Waals surface area contributed by atoms with Gasteiger partial charge in [0.25, 0.3) is 11.8 Å². The van der Waals surface area contributed by atoms with E-state index in [4.69, 9.17) is 27.9 Å². The van der Waals surface area contributed by atoms with Crippen molar-refractivity contribution in [2.45, 2.75) is 26.4 Å². The minimum absolute atomic E-state index is 0.0444. The Bertz CT molecular complexity index is 608. The SMILES string of the molecule is CC(C)OCCCN1C(=O)C(Cl)=C(c2ccc(Cl)cc2)C1=O. The van der Waals surface area contributed by atoms with Gasteiger partial charge in [-0.1, -0.05) is 35.3 Å². The highest BCUT2D eigenvalue weighted by atomic mass is 35.5. The van der Waals surface area contributed by atoms with Crippen molar-refractivity contribution in [3.05, 3.63) is 39.9 Å². The standard InChI is InChI=1S/C16H17Cl2NO3/c1-10(2)22-9-3-8-19-15(20)13(14(18)16(19)21)11-4-6-12(17)7-5-11/h4-7,10H,3,8-9H2,1-2H3. The fraction of sp³-hybridized carbons (Fsp3) is 0.375. The van der Waals surface area contributed by atoms with Crippen LogP contribution >= 0.6 is 23.2 Å². The molecule has 2 amide bonds. The summed E-state index contributed by atoms with van der Waals surface area (Å²) in [5.41, 5.74) is 0.821. The van der Waals surface area contributed by atoms with Crippen molar-refractivity contribution < 1.29 is 14.3 Å².